The van der Waals surface area contributed by atoms with Gasteiger partial charge in [-0.05, 0) is 35.6 Å². The molecule has 0 aliphatic heterocycles. The molecule has 0 radical (unpaired) electrons. The molecule has 0 aliphatic rings. The monoisotopic (exact) mass is 343 g/mol. The van der Waals surface area contributed by atoms with Crippen LogP contribution in [0.1, 0.15) is 31.9 Å². The summed E-state index contributed by atoms with van der Waals surface area (Å²) in [7, 11) is 0. The van der Waals surface area contributed by atoms with Crippen molar-refractivity contribution in [1.82, 2.24) is 4.98 Å². The molecule has 112 valence electrons. The Morgan fingerprint density at radius 2 is 1.67 bits per heavy atom. The van der Waals surface area contributed by atoms with Gasteiger partial charge < -0.3 is 4.74 Å². The van der Waals surface area contributed by atoms with Crippen molar-refractivity contribution in [3.05, 3.63) is 50.6 Å². The number of pyridine rings is 1. The Labute approximate surface area is 140 Å². The fourth-order valence-corrected chi connectivity index (χ4v) is 2.36. The maximum atomic E-state index is 6.08. The Hall–Kier alpha value is -0.960. The van der Waals surface area contributed by atoms with Gasteiger partial charge in [-0.3, -0.25) is 0 Å². The van der Waals surface area contributed by atoms with Crippen molar-refractivity contribution in [2.75, 3.05) is 0 Å². The van der Waals surface area contributed by atoms with E-state index in [9.17, 15) is 0 Å². The quantitative estimate of drug-likeness (QED) is 0.585. The van der Waals surface area contributed by atoms with Crippen LogP contribution in [0, 0.1) is 6.92 Å². The zero-order chi connectivity index (χ0) is 15.8. The van der Waals surface area contributed by atoms with Gasteiger partial charge in [-0.25, -0.2) is 0 Å². The van der Waals surface area contributed by atoms with E-state index in [1.165, 1.54) is 11.6 Å². The number of halogens is 3. The highest BCUT2D eigenvalue weighted by Gasteiger charge is 2.16. The van der Waals surface area contributed by atoms with Gasteiger partial charge in [0.15, 0.2) is 5.15 Å². The average Bonchev–Trinajstić information content (AvgIpc) is 2.36. The largest absolute Gasteiger partial charge is 0.437 e. The predicted molar refractivity (Wildman–Crippen MR) is 89.2 cm³/mol. The second-order valence-electron chi connectivity index (χ2n) is 5.88. The first kappa shape index (κ1) is 16.4. The average molecular weight is 345 g/mol. The molecule has 0 aliphatic carbocycles. The van der Waals surface area contributed by atoms with Gasteiger partial charge in [-0.15, -0.1) is 0 Å². The highest BCUT2D eigenvalue weighted by atomic mass is 35.5. The first-order valence-corrected chi connectivity index (χ1v) is 7.62. The Balaban J connectivity index is 2.35. The summed E-state index contributed by atoms with van der Waals surface area (Å²) in [5.41, 5.74) is 2.33. The van der Waals surface area contributed by atoms with Gasteiger partial charge >= 0.3 is 0 Å². The Morgan fingerprint density at radius 1 is 1.00 bits per heavy atom. The van der Waals surface area contributed by atoms with E-state index in [1.807, 2.05) is 19.1 Å². The second kappa shape index (κ2) is 6.04. The van der Waals surface area contributed by atoms with Crippen LogP contribution in [0.2, 0.25) is 15.2 Å². The summed E-state index contributed by atoms with van der Waals surface area (Å²) in [6, 6.07) is 7.57. The number of rotatable bonds is 2. The van der Waals surface area contributed by atoms with Gasteiger partial charge in [0.1, 0.15) is 10.8 Å². The van der Waals surface area contributed by atoms with E-state index < -0.39 is 0 Å². The summed E-state index contributed by atoms with van der Waals surface area (Å²) in [6.45, 7) is 8.48. The molecule has 0 saturated heterocycles. The number of nitrogens with zero attached hydrogens (tertiary/aromatic N) is 1. The highest BCUT2D eigenvalue weighted by molar-refractivity contribution is 6.42. The molecular formula is C16H16Cl3NO. The number of benzene rings is 1. The summed E-state index contributed by atoms with van der Waals surface area (Å²) in [5, 5.41) is 0.789. The van der Waals surface area contributed by atoms with Crippen LogP contribution in [-0.4, -0.2) is 4.98 Å². The van der Waals surface area contributed by atoms with Crippen molar-refractivity contribution in [1.29, 1.82) is 0 Å². The molecule has 0 atom stereocenters. The van der Waals surface area contributed by atoms with E-state index in [1.54, 1.807) is 0 Å². The minimum absolute atomic E-state index is 0.0861. The molecular weight excluding hydrogens is 329 g/mol. The van der Waals surface area contributed by atoms with E-state index >= 15 is 0 Å². The third kappa shape index (κ3) is 3.82. The number of hydrogen-bond acceptors (Lipinski definition) is 2. The Morgan fingerprint density at radius 3 is 2.24 bits per heavy atom. The molecule has 0 bridgehead atoms. The molecule has 0 unspecified atom stereocenters. The van der Waals surface area contributed by atoms with Crippen molar-refractivity contribution in [3.8, 4) is 11.6 Å². The van der Waals surface area contributed by atoms with Crippen molar-refractivity contribution in [2.45, 2.75) is 33.1 Å². The highest BCUT2D eigenvalue weighted by Crippen LogP contribution is 2.35. The molecule has 2 nitrogen and oxygen atoms in total. The van der Waals surface area contributed by atoms with Crippen LogP contribution in [0.5, 0.6) is 11.6 Å². The Kier molecular flexibility index (Phi) is 4.72. The van der Waals surface area contributed by atoms with Gasteiger partial charge in [0, 0.05) is 0 Å². The number of ether oxygens (including phenoxy) is 1. The zero-order valence-electron chi connectivity index (χ0n) is 12.3. The van der Waals surface area contributed by atoms with Gasteiger partial charge in [0.2, 0.25) is 5.88 Å². The van der Waals surface area contributed by atoms with Crippen molar-refractivity contribution >= 4 is 34.8 Å². The van der Waals surface area contributed by atoms with Crippen molar-refractivity contribution < 1.29 is 4.74 Å². The molecule has 1 aromatic heterocycles. The lowest BCUT2D eigenvalue weighted by Gasteiger charge is -2.20. The third-order valence-corrected chi connectivity index (χ3v) is 4.05. The number of hydrogen-bond donors (Lipinski definition) is 0. The van der Waals surface area contributed by atoms with Gasteiger partial charge in [-0.2, -0.15) is 4.98 Å². The van der Waals surface area contributed by atoms with Crippen LogP contribution in [-0.2, 0) is 5.41 Å². The molecule has 0 spiro atoms. The molecule has 21 heavy (non-hydrogen) atoms. The topological polar surface area (TPSA) is 22.1 Å². The maximum absolute atomic E-state index is 6.08. The van der Waals surface area contributed by atoms with E-state index in [-0.39, 0.29) is 16.4 Å². The number of aromatic nitrogens is 1. The van der Waals surface area contributed by atoms with Crippen LogP contribution >= 0.6 is 34.8 Å². The van der Waals surface area contributed by atoms with E-state index in [4.69, 9.17) is 39.5 Å². The van der Waals surface area contributed by atoms with Crippen molar-refractivity contribution in [2.24, 2.45) is 0 Å². The van der Waals surface area contributed by atoms with Crippen LogP contribution < -0.4 is 4.74 Å². The summed E-state index contributed by atoms with van der Waals surface area (Å²) in [5.74, 6) is 0.938. The molecule has 2 aromatic rings. The SMILES string of the molecule is Cc1cc(C(C)(C)C)ccc1Oc1nc(Cl)c(Cl)cc1Cl. The first-order chi connectivity index (χ1) is 9.68. The molecule has 0 saturated carbocycles. The molecule has 5 heteroatoms. The molecule has 0 fully saturated rings. The zero-order valence-corrected chi connectivity index (χ0v) is 14.6. The Bertz CT molecular complexity index is 678. The third-order valence-electron chi connectivity index (χ3n) is 3.10. The minimum Gasteiger partial charge on any atom is -0.437 e. The number of aryl methyl sites for hydroxylation is 1. The normalized spacial score (nSPS) is 11.6. The smallest absolute Gasteiger partial charge is 0.239 e. The molecule has 0 N–H and O–H groups in total. The van der Waals surface area contributed by atoms with Crippen molar-refractivity contribution in [3.63, 3.8) is 0 Å². The van der Waals surface area contributed by atoms with E-state index in [2.05, 4.69) is 31.8 Å². The van der Waals surface area contributed by atoms with Gasteiger partial charge in [0.05, 0.1) is 5.02 Å². The molecule has 1 heterocycles. The summed E-state index contributed by atoms with van der Waals surface area (Å²) >= 11 is 17.8. The van der Waals surface area contributed by atoms with Crippen LogP contribution in [0.25, 0.3) is 0 Å². The fourth-order valence-electron chi connectivity index (χ4n) is 1.83. The lowest BCUT2D eigenvalue weighted by Crippen LogP contribution is -2.11. The summed E-state index contributed by atoms with van der Waals surface area (Å²) in [4.78, 5) is 4.06. The summed E-state index contributed by atoms with van der Waals surface area (Å²) < 4.78 is 5.76. The van der Waals surface area contributed by atoms with E-state index in [0.29, 0.717) is 15.8 Å². The molecule has 2 rings (SSSR count). The van der Waals surface area contributed by atoms with Gasteiger partial charge in [-0.1, -0.05) is 67.7 Å². The fraction of sp³-hybridized carbons (Fsp3) is 0.312. The lowest BCUT2D eigenvalue weighted by atomic mass is 9.86. The van der Waals surface area contributed by atoms with E-state index in [0.717, 1.165) is 5.56 Å². The summed E-state index contributed by atoms with van der Waals surface area (Å²) in [6.07, 6.45) is 0. The standard InChI is InChI=1S/C16H16Cl3NO/c1-9-7-10(16(2,3)4)5-6-13(9)21-15-12(18)8-11(17)14(19)20-15/h5-8H,1-4H3. The minimum atomic E-state index is 0.0861. The molecule has 0 amide bonds. The van der Waals surface area contributed by atoms with Gasteiger partial charge in [0.25, 0.3) is 0 Å². The van der Waals surface area contributed by atoms with Crippen LogP contribution in [0.4, 0.5) is 0 Å². The first-order valence-electron chi connectivity index (χ1n) is 6.49. The molecule has 1 aromatic carbocycles. The lowest BCUT2D eigenvalue weighted by molar-refractivity contribution is 0.459. The second-order valence-corrected chi connectivity index (χ2v) is 7.05. The predicted octanol–water partition coefficient (Wildman–Crippen LogP) is 6.44. The maximum Gasteiger partial charge on any atom is 0.239 e. The van der Waals surface area contributed by atoms with Crippen LogP contribution in [0.15, 0.2) is 24.3 Å². The van der Waals surface area contributed by atoms with Crippen LogP contribution in [0.3, 0.4) is 0 Å².